The SMILES string of the molecule is Cc1ccc(S(=O)(=O)N(c2ccc(F)cc2)C2CCN(Cc3ccccc3Cl)CC2)cc1. The molecule has 4 rings (SSSR count). The van der Waals surface area contributed by atoms with E-state index in [1.165, 1.54) is 28.6 Å². The second-order valence-corrected chi connectivity index (χ2v) is 10.4. The molecule has 1 aliphatic heterocycles. The molecule has 0 aromatic heterocycles. The smallest absolute Gasteiger partial charge is 0.264 e. The molecular weight excluding hydrogens is 447 g/mol. The van der Waals surface area contributed by atoms with Gasteiger partial charge in [-0.05, 0) is 67.8 Å². The molecule has 0 aliphatic carbocycles. The van der Waals surface area contributed by atoms with Crippen LogP contribution in [0.5, 0.6) is 0 Å². The zero-order valence-electron chi connectivity index (χ0n) is 17.9. The zero-order valence-corrected chi connectivity index (χ0v) is 19.5. The fourth-order valence-electron chi connectivity index (χ4n) is 4.14. The number of hydrogen-bond acceptors (Lipinski definition) is 3. The largest absolute Gasteiger partial charge is 0.299 e. The minimum absolute atomic E-state index is 0.214. The van der Waals surface area contributed by atoms with Crippen LogP contribution in [0.3, 0.4) is 0 Å². The van der Waals surface area contributed by atoms with Crippen molar-refractivity contribution >= 4 is 27.3 Å². The number of likely N-dealkylation sites (tertiary alicyclic amines) is 1. The van der Waals surface area contributed by atoms with Crippen LogP contribution < -0.4 is 4.31 Å². The third-order valence-corrected chi connectivity index (χ3v) is 8.16. The fraction of sp³-hybridized carbons (Fsp3) is 0.280. The molecule has 0 spiro atoms. The summed E-state index contributed by atoms with van der Waals surface area (Å²) in [6.07, 6.45) is 1.35. The monoisotopic (exact) mass is 472 g/mol. The number of benzene rings is 3. The Bertz CT molecular complexity index is 1160. The van der Waals surface area contributed by atoms with Crippen molar-refractivity contribution in [2.24, 2.45) is 0 Å². The minimum Gasteiger partial charge on any atom is -0.299 e. The van der Waals surface area contributed by atoms with Gasteiger partial charge in [-0.2, -0.15) is 0 Å². The van der Waals surface area contributed by atoms with Gasteiger partial charge in [-0.3, -0.25) is 9.21 Å². The van der Waals surface area contributed by atoms with Crippen LogP contribution in [0.4, 0.5) is 10.1 Å². The van der Waals surface area contributed by atoms with E-state index in [1.807, 2.05) is 31.2 Å². The molecule has 0 amide bonds. The van der Waals surface area contributed by atoms with Gasteiger partial charge in [-0.25, -0.2) is 12.8 Å². The molecular formula is C25H26ClFN2O2S. The molecule has 32 heavy (non-hydrogen) atoms. The molecule has 3 aromatic rings. The third kappa shape index (κ3) is 4.98. The van der Waals surface area contributed by atoms with Crippen molar-refractivity contribution in [3.8, 4) is 0 Å². The number of piperidine rings is 1. The van der Waals surface area contributed by atoms with Crippen LogP contribution in [0, 0.1) is 12.7 Å². The second-order valence-electron chi connectivity index (χ2n) is 8.19. The number of aryl methyl sites for hydroxylation is 1. The maximum absolute atomic E-state index is 13.6. The molecule has 0 atom stereocenters. The fourth-order valence-corrected chi connectivity index (χ4v) is 6.04. The Balaban J connectivity index is 1.58. The van der Waals surface area contributed by atoms with Gasteiger partial charge in [0.2, 0.25) is 0 Å². The van der Waals surface area contributed by atoms with Gasteiger partial charge in [-0.1, -0.05) is 47.5 Å². The highest BCUT2D eigenvalue weighted by molar-refractivity contribution is 7.92. The summed E-state index contributed by atoms with van der Waals surface area (Å²) in [7, 11) is -3.80. The van der Waals surface area contributed by atoms with Gasteiger partial charge < -0.3 is 0 Å². The van der Waals surface area contributed by atoms with Crippen molar-refractivity contribution in [3.63, 3.8) is 0 Å². The van der Waals surface area contributed by atoms with Gasteiger partial charge >= 0.3 is 0 Å². The number of rotatable bonds is 6. The maximum Gasteiger partial charge on any atom is 0.264 e. The van der Waals surface area contributed by atoms with Gasteiger partial charge in [0.15, 0.2) is 0 Å². The van der Waals surface area contributed by atoms with Gasteiger partial charge in [0, 0.05) is 30.7 Å². The number of halogens is 2. The Kier molecular flexibility index (Phi) is 6.84. The van der Waals surface area contributed by atoms with Crippen molar-refractivity contribution in [1.82, 2.24) is 4.90 Å². The maximum atomic E-state index is 13.6. The van der Waals surface area contributed by atoms with Crippen LogP contribution in [0.25, 0.3) is 0 Å². The van der Waals surface area contributed by atoms with Gasteiger partial charge in [0.1, 0.15) is 5.82 Å². The van der Waals surface area contributed by atoms with Crippen LogP contribution >= 0.6 is 11.6 Å². The Morgan fingerprint density at radius 1 is 0.969 bits per heavy atom. The van der Waals surface area contributed by atoms with Crippen molar-refractivity contribution < 1.29 is 12.8 Å². The zero-order chi connectivity index (χ0) is 22.7. The van der Waals surface area contributed by atoms with Crippen LogP contribution in [0.2, 0.25) is 5.02 Å². The number of sulfonamides is 1. The lowest BCUT2D eigenvalue weighted by Gasteiger charge is -2.39. The first-order chi connectivity index (χ1) is 15.3. The first-order valence-corrected chi connectivity index (χ1v) is 12.5. The average molecular weight is 473 g/mol. The normalized spacial score (nSPS) is 15.6. The standard InChI is InChI=1S/C25H26ClFN2O2S/c1-19-6-12-24(13-7-19)32(30,31)29(22-10-8-21(27)9-11-22)23-14-16-28(17-15-23)18-20-4-2-3-5-25(20)26/h2-13,23H,14-18H2,1H3. The Hall–Kier alpha value is -2.41. The van der Waals surface area contributed by atoms with E-state index in [1.54, 1.807) is 24.3 Å². The first-order valence-electron chi connectivity index (χ1n) is 10.7. The summed E-state index contributed by atoms with van der Waals surface area (Å²) in [5, 5.41) is 0.740. The van der Waals surface area contributed by atoms with E-state index < -0.39 is 15.8 Å². The van der Waals surface area contributed by atoms with Gasteiger partial charge in [-0.15, -0.1) is 0 Å². The van der Waals surface area contributed by atoms with Crippen molar-refractivity contribution in [3.05, 3.63) is 94.8 Å². The van der Waals surface area contributed by atoms with Crippen LogP contribution in [-0.2, 0) is 16.6 Å². The number of hydrogen-bond donors (Lipinski definition) is 0. The summed E-state index contributed by atoms with van der Waals surface area (Å²) >= 11 is 6.31. The summed E-state index contributed by atoms with van der Waals surface area (Å²) in [5.41, 5.74) is 2.54. The molecule has 7 heteroatoms. The van der Waals surface area contributed by atoms with E-state index >= 15 is 0 Å². The van der Waals surface area contributed by atoms with Gasteiger partial charge in [0.05, 0.1) is 10.6 Å². The van der Waals surface area contributed by atoms with E-state index in [0.717, 1.165) is 35.8 Å². The predicted molar refractivity (Wildman–Crippen MR) is 127 cm³/mol. The molecule has 0 saturated carbocycles. The van der Waals surface area contributed by atoms with Crippen molar-refractivity contribution in [2.75, 3.05) is 17.4 Å². The van der Waals surface area contributed by atoms with E-state index in [4.69, 9.17) is 11.6 Å². The molecule has 0 bridgehead atoms. The summed E-state index contributed by atoms with van der Waals surface area (Å²) < 4.78 is 42.3. The van der Waals surface area contributed by atoms with E-state index in [2.05, 4.69) is 4.90 Å². The van der Waals surface area contributed by atoms with Crippen LogP contribution in [0.1, 0.15) is 24.0 Å². The summed E-state index contributed by atoms with van der Waals surface area (Å²) in [4.78, 5) is 2.53. The van der Waals surface area contributed by atoms with E-state index in [9.17, 15) is 12.8 Å². The molecule has 3 aromatic carbocycles. The molecule has 168 valence electrons. The van der Waals surface area contributed by atoms with E-state index in [-0.39, 0.29) is 10.9 Å². The minimum atomic E-state index is -3.80. The lowest BCUT2D eigenvalue weighted by molar-refractivity contribution is 0.206. The summed E-state index contributed by atoms with van der Waals surface area (Å²) in [6, 6.07) is 20.1. The highest BCUT2D eigenvalue weighted by atomic mass is 35.5. The predicted octanol–water partition coefficient (Wildman–Crippen LogP) is 5.65. The van der Waals surface area contributed by atoms with Crippen molar-refractivity contribution in [2.45, 2.75) is 37.2 Å². The molecule has 4 nitrogen and oxygen atoms in total. The van der Waals surface area contributed by atoms with Gasteiger partial charge in [0.25, 0.3) is 10.0 Å². The van der Waals surface area contributed by atoms with Crippen LogP contribution in [-0.4, -0.2) is 32.4 Å². The molecule has 0 unspecified atom stereocenters. The molecule has 1 saturated heterocycles. The number of nitrogens with zero attached hydrogens (tertiary/aromatic N) is 2. The lowest BCUT2D eigenvalue weighted by Crippen LogP contribution is -2.47. The van der Waals surface area contributed by atoms with E-state index in [0.29, 0.717) is 18.5 Å². The Labute approximate surface area is 194 Å². The molecule has 1 fully saturated rings. The summed E-state index contributed by atoms with van der Waals surface area (Å²) in [6.45, 7) is 4.14. The average Bonchev–Trinajstić information content (AvgIpc) is 2.78. The molecule has 0 radical (unpaired) electrons. The Morgan fingerprint density at radius 2 is 1.59 bits per heavy atom. The van der Waals surface area contributed by atoms with Crippen molar-refractivity contribution in [1.29, 1.82) is 0 Å². The highest BCUT2D eigenvalue weighted by Crippen LogP contribution is 2.31. The quantitative estimate of drug-likeness (QED) is 0.465. The lowest BCUT2D eigenvalue weighted by atomic mass is 10.0. The summed E-state index contributed by atoms with van der Waals surface area (Å²) in [5.74, 6) is -0.393. The first kappa shape index (κ1) is 22.8. The van der Waals surface area contributed by atoms with Crippen LogP contribution in [0.15, 0.2) is 77.7 Å². The number of anilines is 1. The third-order valence-electron chi connectivity index (χ3n) is 5.90. The highest BCUT2D eigenvalue weighted by Gasteiger charge is 2.34. The Morgan fingerprint density at radius 3 is 2.22 bits per heavy atom. The molecule has 0 N–H and O–H groups in total. The molecule has 1 aliphatic rings. The molecule has 1 heterocycles. The second kappa shape index (κ2) is 9.61. The topological polar surface area (TPSA) is 40.6 Å².